The molecule has 2 aliphatic heterocycles. The quantitative estimate of drug-likeness (QED) is 0.891. The van der Waals surface area contributed by atoms with Gasteiger partial charge in [0, 0.05) is 44.7 Å². The first-order valence-corrected chi connectivity index (χ1v) is 8.38. The maximum atomic E-state index is 12.7. The molecule has 0 radical (unpaired) electrons. The van der Waals surface area contributed by atoms with Crippen LogP contribution in [0.15, 0.2) is 16.9 Å². The molecule has 0 bridgehead atoms. The summed E-state index contributed by atoms with van der Waals surface area (Å²) in [5.74, 6) is 0.708. The number of hydrogen-bond donors (Lipinski definition) is 1. The van der Waals surface area contributed by atoms with Gasteiger partial charge in [-0.25, -0.2) is 0 Å². The van der Waals surface area contributed by atoms with Crippen LogP contribution in [0.5, 0.6) is 0 Å². The van der Waals surface area contributed by atoms with E-state index < -0.39 is 0 Å². The summed E-state index contributed by atoms with van der Waals surface area (Å²) in [6, 6.07) is 1.91. The van der Waals surface area contributed by atoms with Crippen molar-refractivity contribution < 1.29 is 9.32 Å². The molecule has 3 heterocycles. The SMILES string of the molecule is O=C(C1CC12CCNCC2)N1CCN(Cc2ccon2)CC1. The van der Waals surface area contributed by atoms with E-state index in [9.17, 15) is 4.79 Å². The molecular weight excluding hydrogens is 280 g/mol. The minimum absolute atomic E-state index is 0.302. The second-order valence-electron chi connectivity index (χ2n) is 6.96. The average Bonchev–Trinajstić information content (AvgIpc) is 2.99. The first-order valence-electron chi connectivity index (χ1n) is 8.38. The Bertz CT molecular complexity index is 516. The smallest absolute Gasteiger partial charge is 0.226 e. The molecule has 1 aliphatic carbocycles. The third kappa shape index (κ3) is 2.65. The number of piperazine rings is 1. The number of amides is 1. The molecule has 1 unspecified atom stereocenters. The van der Waals surface area contributed by atoms with Crippen molar-refractivity contribution in [1.29, 1.82) is 0 Å². The van der Waals surface area contributed by atoms with Gasteiger partial charge in [-0.15, -0.1) is 0 Å². The Morgan fingerprint density at radius 3 is 2.77 bits per heavy atom. The Labute approximate surface area is 130 Å². The van der Waals surface area contributed by atoms with Crippen molar-refractivity contribution in [3.63, 3.8) is 0 Å². The van der Waals surface area contributed by atoms with Gasteiger partial charge in [0.1, 0.15) is 6.26 Å². The molecular formula is C16H24N4O2. The molecule has 22 heavy (non-hydrogen) atoms. The number of aromatic nitrogens is 1. The normalized spacial score (nSPS) is 28.0. The largest absolute Gasteiger partial charge is 0.364 e. The Kier molecular flexibility index (Phi) is 3.66. The molecule has 4 rings (SSSR count). The molecule has 2 saturated heterocycles. The maximum absolute atomic E-state index is 12.7. The minimum Gasteiger partial charge on any atom is -0.364 e. The van der Waals surface area contributed by atoms with E-state index in [0.717, 1.165) is 57.9 Å². The van der Waals surface area contributed by atoms with Crippen molar-refractivity contribution >= 4 is 5.91 Å². The lowest BCUT2D eigenvalue weighted by atomic mass is 9.91. The lowest BCUT2D eigenvalue weighted by Gasteiger charge is -2.35. The van der Waals surface area contributed by atoms with Gasteiger partial charge in [0.15, 0.2) is 0 Å². The van der Waals surface area contributed by atoms with E-state index in [0.29, 0.717) is 17.2 Å². The maximum Gasteiger partial charge on any atom is 0.226 e. The summed E-state index contributed by atoms with van der Waals surface area (Å²) in [7, 11) is 0. The molecule has 3 aliphatic rings. The molecule has 0 aromatic carbocycles. The van der Waals surface area contributed by atoms with Crippen LogP contribution < -0.4 is 5.32 Å². The topological polar surface area (TPSA) is 61.6 Å². The highest BCUT2D eigenvalue weighted by atomic mass is 16.5. The summed E-state index contributed by atoms with van der Waals surface area (Å²) < 4.78 is 4.87. The molecule has 120 valence electrons. The Hall–Kier alpha value is -1.40. The summed E-state index contributed by atoms with van der Waals surface area (Å²) in [6.45, 7) is 6.53. The zero-order chi connectivity index (χ0) is 15.0. The van der Waals surface area contributed by atoms with Gasteiger partial charge in [0.25, 0.3) is 0 Å². The number of carbonyl (C=O) groups excluding carboxylic acids is 1. The van der Waals surface area contributed by atoms with Crippen LogP contribution in [0.2, 0.25) is 0 Å². The van der Waals surface area contributed by atoms with Gasteiger partial charge in [0.2, 0.25) is 5.91 Å². The van der Waals surface area contributed by atoms with Crippen LogP contribution in [-0.4, -0.2) is 60.1 Å². The summed E-state index contributed by atoms with van der Waals surface area (Å²) >= 11 is 0. The van der Waals surface area contributed by atoms with Crippen LogP contribution in [0.1, 0.15) is 25.0 Å². The molecule has 1 N–H and O–H groups in total. The van der Waals surface area contributed by atoms with Crippen LogP contribution in [0.4, 0.5) is 0 Å². The number of rotatable bonds is 3. The molecule has 1 aromatic heterocycles. The molecule has 6 heteroatoms. The first-order chi connectivity index (χ1) is 10.8. The van der Waals surface area contributed by atoms with Crippen molar-refractivity contribution in [2.24, 2.45) is 11.3 Å². The van der Waals surface area contributed by atoms with Gasteiger partial charge in [-0.3, -0.25) is 9.69 Å². The van der Waals surface area contributed by atoms with E-state index in [2.05, 4.69) is 20.3 Å². The highest BCUT2D eigenvalue weighted by Crippen LogP contribution is 2.59. The van der Waals surface area contributed by atoms with Crippen LogP contribution in [0.3, 0.4) is 0 Å². The number of nitrogens with zero attached hydrogens (tertiary/aromatic N) is 3. The number of carbonyl (C=O) groups is 1. The monoisotopic (exact) mass is 304 g/mol. The van der Waals surface area contributed by atoms with Gasteiger partial charge in [-0.2, -0.15) is 0 Å². The van der Waals surface area contributed by atoms with Crippen LogP contribution in [0, 0.1) is 11.3 Å². The predicted octanol–water partition coefficient (Wildman–Crippen LogP) is 0.708. The zero-order valence-corrected chi connectivity index (χ0v) is 13.0. The first kappa shape index (κ1) is 14.2. The second-order valence-corrected chi connectivity index (χ2v) is 6.96. The Morgan fingerprint density at radius 1 is 1.32 bits per heavy atom. The van der Waals surface area contributed by atoms with Gasteiger partial charge >= 0.3 is 0 Å². The number of hydrogen-bond acceptors (Lipinski definition) is 5. The highest BCUT2D eigenvalue weighted by Gasteiger charge is 2.58. The van der Waals surface area contributed by atoms with E-state index >= 15 is 0 Å². The predicted molar refractivity (Wildman–Crippen MR) is 81.0 cm³/mol. The standard InChI is InChI=1S/C16H24N4O2/c21-15(14-11-16(14)2-4-17-5-3-16)20-8-6-19(7-9-20)12-13-1-10-22-18-13/h1,10,14,17H,2-9,11-12H2. The van der Waals surface area contributed by atoms with E-state index in [1.807, 2.05) is 6.07 Å². The second kappa shape index (κ2) is 5.66. The number of piperidine rings is 1. The summed E-state index contributed by atoms with van der Waals surface area (Å²) in [5, 5.41) is 7.36. The zero-order valence-electron chi connectivity index (χ0n) is 13.0. The van der Waals surface area contributed by atoms with Gasteiger partial charge in [-0.1, -0.05) is 5.16 Å². The van der Waals surface area contributed by atoms with Crippen LogP contribution in [0.25, 0.3) is 0 Å². The van der Waals surface area contributed by atoms with E-state index in [4.69, 9.17) is 4.52 Å². The fourth-order valence-corrected chi connectivity index (χ4v) is 4.07. The lowest BCUT2D eigenvalue weighted by Crippen LogP contribution is -2.49. The molecule has 1 atom stereocenters. The van der Waals surface area contributed by atoms with E-state index in [-0.39, 0.29) is 0 Å². The molecule has 1 saturated carbocycles. The third-order valence-electron chi connectivity index (χ3n) is 5.65. The average molecular weight is 304 g/mol. The van der Waals surface area contributed by atoms with Crippen molar-refractivity contribution in [1.82, 2.24) is 20.3 Å². The van der Waals surface area contributed by atoms with Gasteiger partial charge in [-0.05, 0) is 37.8 Å². The molecule has 1 aromatic rings. The number of nitrogens with one attached hydrogen (secondary N) is 1. The van der Waals surface area contributed by atoms with Gasteiger partial charge < -0.3 is 14.7 Å². The van der Waals surface area contributed by atoms with Crippen molar-refractivity contribution in [3.8, 4) is 0 Å². The minimum atomic E-state index is 0.302. The molecule has 1 spiro atoms. The van der Waals surface area contributed by atoms with Crippen molar-refractivity contribution in [2.75, 3.05) is 39.3 Å². The van der Waals surface area contributed by atoms with Crippen molar-refractivity contribution in [3.05, 3.63) is 18.0 Å². The fraction of sp³-hybridized carbons (Fsp3) is 0.750. The Morgan fingerprint density at radius 2 is 2.09 bits per heavy atom. The molecule has 1 amide bonds. The summed E-state index contributed by atoms with van der Waals surface area (Å²) in [6.07, 6.45) is 5.08. The Balaban J connectivity index is 1.28. The lowest BCUT2D eigenvalue weighted by molar-refractivity contribution is -0.135. The fourth-order valence-electron chi connectivity index (χ4n) is 4.07. The van der Waals surface area contributed by atoms with Gasteiger partial charge in [0.05, 0.1) is 5.69 Å². The highest BCUT2D eigenvalue weighted by molar-refractivity contribution is 5.82. The van der Waals surface area contributed by atoms with E-state index in [1.54, 1.807) is 6.26 Å². The van der Waals surface area contributed by atoms with Crippen LogP contribution in [-0.2, 0) is 11.3 Å². The summed E-state index contributed by atoms with van der Waals surface area (Å²) in [5.41, 5.74) is 1.32. The van der Waals surface area contributed by atoms with Crippen molar-refractivity contribution in [2.45, 2.75) is 25.8 Å². The van der Waals surface area contributed by atoms with Crippen LogP contribution >= 0.6 is 0 Å². The van der Waals surface area contributed by atoms with E-state index in [1.165, 1.54) is 12.8 Å². The summed E-state index contributed by atoms with van der Waals surface area (Å²) in [4.78, 5) is 17.1. The third-order valence-corrected chi connectivity index (χ3v) is 5.65. The molecule has 6 nitrogen and oxygen atoms in total. The molecule has 3 fully saturated rings.